The van der Waals surface area contributed by atoms with Crippen LogP contribution in [0.2, 0.25) is 0 Å². The van der Waals surface area contributed by atoms with E-state index in [1.54, 1.807) is 6.20 Å². The molecule has 1 saturated carbocycles. The number of Topliss-reactive ketones (excluding diaryl/α,β-unsaturated/α-hetero) is 1. The van der Waals surface area contributed by atoms with Gasteiger partial charge in [-0.05, 0) is 19.5 Å². The molecule has 0 unspecified atom stereocenters. The van der Waals surface area contributed by atoms with Crippen molar-refractivity contribution in [2.24, 2.45) is 16.8 Å². The van der Waals surface area contributed by atoms with Gasteiger partial charge in [-0.25, -0.2) is 14.1 Å². The zero-order valence-corrected chi connectivity index (χ0v) is 22.1. The summed E-state index contributed by atoms with van der Waals surface area (Å²) >= 11 is 1.01. The summed E-state index contributed by atoms with van der Waals surface area (Å²) in [5, 5.41) is 25.7. The molecule has 2 aliphatic rings. The van der Waals surface area contributed by atoms with Gasteiger partial charge in [-0.15, -0.1) is 16.4 Å². The quantitative estimate of drug-likeness (QED) is 0.0517. The fraction of sp³-hybridized carbons (Fsp3) is 0.550. The van der Waals surface area contributed by atoms with Crippen LogP contribution in [0, 0.1) is 5.92 Å². The van der Waals surface area contributed by atoms with Gasteiger partial charge in [-0.2, -0.15) is 8.42 Å². The number of carbonyl (C=O) groups excluding carboxylic acids is 2. The van der Waals surface area contributed by atoms with Crippen LogP contribution in [0.25, 0.3) is 0 Å². The molecule has 19 heteroatoms. The molecule has 2 aromatic heterocycles. The summed E-state index contributed by atoms with van der Waals surface area (Å²) in [6, 6.07) is -1.16. The third-order valence-electron chi connectivity index (χ3n) is 6.21. The Balaban J connectivity index is 1.51. The van der Waals surface area contributed by atoms with E-state index in [1.807, 2.05) is 0 Å². The highest BCUT2D eigenvalue weighted by Crippen LogP contribution is 2.40. The molecular formula is C20H27N9O8S2. The predicted molar refractivity (Wildman–Crippen MR) is 134 cm³/mol. The van der Waals surface area contributed by atoms with Gasteiger partial charge in [0.2, 0.25) is 11.5 Å². The van der Waals surface area contributed by atoms with Gasteiger partial charge in [0.15, 0.2) is 16.6 Å². The largest absolute Gasteiger partial charge is 0.478 e. The van der Waals surface area contributed by atoms with Crippen molar-refractivity contribution in [2.45, 2.75) is 50.4 Å². The van der Waals surface area contributed by atoms with Crippen molar-refractivity contribution in [3.05, 3.63) is 23.0 Å². The average Bonchev–Trinajstić information content (AvgIpc) is 3.33. The van der Waals surface area contributed by atoms with Gasteiger partial charge in [0, 0.05) is 37.4 Å². The van der Waals surface area contributed by atoms with Gasteiger partial charge in [-0.3, -0.25) is 18.8 Å². The maximum absolute atomic E-state index is 13.3. The maximum atomic E-state index is 13.3. The van der Waals surface area contributed by atoms with Crippen LogP contribution in [0.5, 0.6) is 0 Å². The van der Waals surface area contributed by atoms with Gasteiger partial charge in [0.25, 0.3) is 0 Å². The zero-order valence-electron chi connectivity index (χ0n) is 20.5. The molecule has 4 rings (SSSR count). The van der Waals surface area contributed by atoms with E-state index >= 15 is 0 Å². The first-order valence-electron chi connectivity index (χ1n) is 11.8. The van der Waals surface area contributed by atoms with Crippen molar-refractivity contribution in [1.29, 1.82) is 0 Å². The van der Waals surface area contributed by atoms with Crippen LogP contribution >= 0.6 is 11.3 Å². The van der Waals surface area contributed by atoms with E-state index in [0.717, 1.165) is 17.8 Å². The number of nitrogens with zero attached hydrogens (tertiary/aromatic N) is 6. The molecule has 2 aromatic rings. The first-order valence-corrected chi connectivity index (χ1v) is 14.1. The maximum Gasteiger partial charge on any atom is 0.362 e. The number of anilines is 1. The SMILES string of the molecule is NCCCNCc1cn(C[C@@H]2[C@H](CC(=O)/C(=N\OC3(C(=O)O)CC3)c3csc(N)n3)C(=O)N2S(=O)(=O)O)nn1. The van der Waals surface area contributed by atoms with E-state index in [1.165, 1.54) is 10.1 Å². The van der Waals surface area contributed by atoms with Crippen molar-refractivity contribution < 1.29 is 37.3 Å². The molecule has 0 aromatic carbocycles. The molecule has 0 radical (unpaired) electrons. The lowest BCUT2D eigenvalue weighted by atomic mass is 9.84. The number of nitrogens with two attached hydrogens (primary N) is 2. The molecule has 0 spiro atoms. The number of β-lactam (4-membered cyclic amide) rings is 1. The summed E-state index contributed by atoms with van der Waals surface area (Å²) in [6.07, 6.45) is 2.16. The molecular weight excluding hydrogens is 558 g/mol. The molecule has 7 N–H and O–H groups in total. The van der Waals surface area contributed by atoms with E-state index in [9.17, 15) is 32.5 Å². The number of nitrogens with one attached hydrogen (secondary N) is 1. The van der Waals surface area contributed by atoms with E-state index < -0.39 is 51.9 Å². The summed E-state index contributed by atoms with van der Waals surface area (Å²) in [4.78, 5) is 46.6. The number of oxime groups is 1. The number of rotatable bonds is 15. The Bertz CT molecular complexity index is 1380. The van der Waals surface area contributed by atoms with Crippen LogP contribution < -0.4 is 16.8 Å². The topological polar surface area (TPSA) is 258 Å². The zero-order chi connectivity index (χ0) is 28.4. The number of hydrogen-bond donors (Lipinski definition) is 5. The van der Waals surface area contributed by atoms with E-state index in [4.69, 9.17) is 16.3 Å². The molecule has 2 fully saturated rings. The molecule has 2 atom stereocenters. The second kappa shape index (κ2) is 11.3. The van der Waals surface area contributed by atoms with Crippen LogP contribution in [0.1, 0.15) is 37.1 Å². The van der Waals surface area contributed by atoms with Crippen molar-refractivity contribution in [2.75, 3.05) is 18.8 Å². The summed E-state index contributed by atoms with van der Waals surface area (Å²) in [5.41, 5.74) is 9.77. The number of carboxylic acids is 1. The number of aliphatic carboxylic acids is 1. The Morgan fingerprint density at radius 1 is 1.36 bits per heavy atom. The van der Waals surface area contributed by atoms with E-state index in [2.05, 4.69) is 25.8 Å². The highest BCUT2D eigenvalue weighted by atomic mass is 32.2. The Morgan fingerprint density at radius 3 is 2.69 bits per heavy atom. The first kappa shape index (κ1) is 28.5. The predicted octanol–water partition coefficient (Wildman–Crippen LogP) is -1.62. The molecule has 1 aliphatic carbocycles. The van der Waals surface area contributed by atoms with Crippen molar-refractivity contribution in [3.63, 3.8) is 0 Å². The van der Waals surface area contributed by atoms with Crippen LogP contribution in [0.3, 0.4) is 0 Å². The second-order valence-electron chi connectivity index (χ2n) is 9.07. The van der Waals surface area contributed by atoms with Crippen LogP contribution in [-0.4, -0.2) is 90.5 Å². The Morgan fingerprint density at radius 2 is 2.10 bits per heavy atom. The standard InChI is InChI=1S/C20H27N9O8S2/c21-4-1-5-23-7-11-8-28(27-25-11)9-14-12(17(31)29(14)39(34,35)36)6-15(30)16(13-10-38-19(22)24-13)26-37-20(2-3-20)18(32)33/h8,10,12,14,23H,1-7,9,21H2,(H2,22,24)(H,32,33)(H,34,35,36)/b26-16-/t12-,14+/m0/s1. The highest BCUT2D eigenvalue weighted by Gasteiger charge is 2.56. The monoisotopic (exact) mass is 585 g/mol. The summed E-state index contributed by atoms with van der Waals surface area (Å²) in [5.74, 6) is -4.17. The van der Waals surface area contributed by atoms with Gasteiger partial charge in [0.05, 0.1) is 24.2 Å². The molecule has 1 amide bonds. The molecule has 3 heterocycles. The third-order valence-corrected chi connectivity index (χ3v) is 7.83. The first-order chi connectivity index (χ1) is 18.4. The fourth-order valence-electron chi connectivity index (χ4n) is 3.95. The average molecular weight is 586 g/mol. The van der Waals surface area contributed by atoms with Crippen LogP contribution in [0.15, 0.2) is 16.7 Å². The Labute approximate surface area is 226 Å². The van der Waals surface area contributed by atoms with Crippen molar-refractivity contribution in [1.82, 2.24) is 29.6 Å². The normalized spacial score (nSPS) is 20.5. The molecule has 1 aliphatic heterocycles. The number of ketones is 1. The summed E-state index contributed by atoms with van der Waals surface area (Å²) < 4.78 is 35.0. The molecule has 212 valence electrons. The lowest BCUT2D eigenvalue weighted by Gasteiger charge is -2.43. The molecule has 1 saturated heterocycles. The van der Waals surface area contributed by atoms with Gasteiger partial charge in [0.1, 0.15) is 5.69 Å². The number of amides is 1. The van der Waals surface area contributed by atoms with Gasteiger partial charge < -0.3 is 26.7 Å². The van der Waals surface area contributed by atoms with Crippen molar-refractivity contribution in [3.8, 4) is 0 Å². The lowest BCUT2D eigenvalue weighted by Crippen LogP contribution is -2.64. The minimum atomic E-state index is -4.93. The minimum absolute atomic E-state index is 0.0155. The third kappa shape index (κ3) is 6.38. The highest BCUT2D eigenvalue weighted by molar-refractivity contribution is 7.84. The smallest absolute Gasteiger partial charge is 0.362 e. The summed E-state index contributed by atoms with van der Waals surface area (Å²) in [6.45, 7) is 1.37. The van der Waals surface area contributed by atoms with Crippen LogP contribution in [-0.2, 0) is 42.6 Å². The Kier molecular flexibility index (Phi) is 8.25. The molecule has 0 bridgehead atoms. The fourth-order valence-corrected chi connectivity index (χ4v) is 5.42. The van der Waals surface area contributed by atoms with Crippen LogP contribution in [0.4, 0.5) is 5.13 Å². The van der Waals surface area contributed by atoms with Gasteiger partial charge in [-0.1, -0.05) is 10.4 Å². The number of aromatic nitrogens is 4. The summed E-state index contributed by atoms with van der Waals surface area (Å²) in [7, 11) is -4.93. The van der Waals surface area contributed by atoms with Gasteiger partial charge >= 0.3 is 16.3 Å². The van der Waals surface area contributed by atoms with E-state index in [0.29, 0.717) is 25.3 Å². The number of hydrogen-bond acceptors (Lipinski definition) is 14. The second-order valence-corrected chi connectivity index (χ2v) is 11.2. The number of carbonyl (C=O) groups is 3. The lowest BCUT2D eigenvalue weighted by molar-refractivity contribution is -0.153. The number of nitrogen functional groups attached to an aromatic ring is 1. The molecule has 17 nitrogen and oxygen atoms in total. The number of carboxylic acid groups (broad SMARTS) is 1. The minimum Gasteiger partial charge on any atom is -0.478 e. The molecule has 39 heavy (non-hydrogen) atoms. The van der Waals surface area contributed by atoms with Crippen molar-refractivity contribution >= 4 is 50.1 Å². The number of thiazole rings is 1. The van der Waals surface area contributed by atoms with E-state index in [-0.39, 0.29) is 40.2 Å². The Hall–Kier alpha value is -3.52.